The van der Waals surface area contributed by atoms with Crippen LogP contribution >= 0.6 is 0 Å². The highest BCUT2D eigenvalue weighted by atomic mass is 19.1. The lowest BCUT2D eigenvalue weighted by atomic mass is 10.0. The number of rotatable bonds is 5. The van der Waals surface area contributed by atoms with Crippen molar-refractivity contribution in [1.29, 1.82) is 0 Å². The van der Waals surface area contributed by atoms with E-state index in [0.29, 0.717) is 12.0 Å². The zero-order valence-electron chi connectivity index (χ0n) is 10.6. The van der Waals surface area contributed by atoms with Gasteiger partial charge in [0.25, 0.3) is 0 Å². The normalized spacial score (nSPS) is 12.6. The molecule has 0 aliphatic carbocycles. The Morgan fingerprint density at radius 2 is 2.28 bits per heavy atom. The van der Waals surface area contributed by atoms with E-state index in [4.69, 9.17) is 0 Å². The Morgan fingerprint density at radius 1 is 1.44 bits per heavy atom. The maximum absolute atomic E-state index is 13.8. The van der Waals surface area contributed by atoms with E-state index in [-0.39, 0.29) is 11.9 Å². The van der Waals surface area contributed by atoms with Gasteiger partial charge in [-0.05, 0) is 12.6 Å². The maximum atomic E-state index is 13.8. The summed E-state index contributed by atoms with van der Waals surface area (Å²) in [6.45, 7) is 2.78. The van der Waals surface area contributed by atoms with Crippen LogP contribution in [-0.2, 0) is 13.5 Å². The van der Waals surface area contributed by atoms with Crippen LogP contribution in [0.15, 0.2) is 30.9 Å². The third-order valence-corrected chi connectivity index (χ3v) is 2.94. The molecule has 0 amide bonds. The Balaban J connectivity index is 2.24. The fourth-order valence-corrected chi connectivity index (χ4v) is 1.98. The number of nitrogens with zero attached hydrogens (tertiary/aromatic N) is 3. The Kier molecular flexibility index (Phi) is 4.04. The van der Waals surface area contributed by atoms with Gasteiger partial charge in [-0.2, -0.15) is 0 Å². The van der Waals surface area contributed by atoms with Crippen molar-refractivity contribution < 1.29 is 4.39 Å². The van der Waals surface area contributed by atoms with Crippen molar-refractivity contribution >= 4 is 0 Å². The van der Waals surface area contributed by atoms with Crippen molar-refractivity contribution in [2.24, 2.45) is 7.05 Å². The van der Waals surface area contributed by atoms with Crippen LogP contribution < -0.4 is 5.32 Å². The lowest BCUT2D eigenvalue weighted by Gasteiger charge is -2.18. The summed E-state index contributed by atoms with van der Waals surface area (Å²) in [5, 5.41) is 3.28. The first-order valence-corrected chi connectivity index (χ1v) is 6.01. The molecule has 0 bridgehead atoms. The highest BCUT2D eigenvalue weighted by molar-refractivity contribution is 5.19. The standard InChI is InChI=1S/C13H17FN4/c1-3-16-12(8-13-17-6-7-18(13)2)10-4-5-15-9-11(10)14/h4-7,9,12,16H,3,8H2,1-2H3. The molecule has 1 unspecified atom stereocenters. The molecule has 1 N–H and O–H groups in total. The van der Waals surface area contributed by atoms with E-state index in [1.807, 2.05) is 24.7 Å². The van der Waals surface area contributed by atoms with Gasteiger partial charge in [-0.3, -0.25) is 4.98 Å². The molecule has 0 aromatic carbocycles. The van der Waals surface area contributed by atoms with Gasteiger partial charge in [0, 0.05) is 43.7 Å². The lowest BCUT2D eigenvalue weighted by molar-refractivity contribution is 0.494. The number of aryl methyl sites for hydroxylation is 1. The van der Waals surface area contributed by atoms with Gasteiger partial charge < -0.3 is 9.88 Å². The van der Waals surface area contributed by atoms with Crippen molar-refractivity contribution in [1.82, 2.24) is 19.9 Å². The highest BCUT2D eigenvalue weighted by Gasteiger charge is 2.17. The quantitative estimate of drug-likeness (QED) is 0.878. The summed E-state index contributed by atoms with van der Waals surface area (Å²) in [4.78, 5) is 8.06. The minimum atomic E-state index is -0.280. The first kappa shape index (κ1) is 12.7. The predicted molar refractivity (Wildman–Crippen MR) is 67.5 cm³/mol. The minimum Gasteiger partial charge on any atom is -0.338 e. The number of imidazole rings is 1. The number of halogens is 1. The first-order valence-electron chi connectivity index (χ1n) is 6.01. The van der Waals surface area contributed by atoms with Gasteiger partial charge in [0.15, 0.2) is 0 Å². The van der Waals surface area contributed by atoms with Crippen molar-refractivity contribution in [3.8, 4) is 0 Å². The van der Waals surface area contributed by atoms with Gasteiger partial charge in [-0.25, -0.2) is 9.37 Å². The van der Waals surface area contributed by atoms with Crippen LogP contribution in [-0.4, -0.2) is 21.1 Å². The van der Waals surface area contributed by atoms with Crippen molar-refractivity contribution in [3.05, 3.63) is 48.1 Å². The largest absolute Gasteiger partial charge is 0.338 e. The molecule has 4 nitrogen and oxygen atoms in total. The van der Waals surface area contributed by atoms with Crippen molar-refractivity contribution in [3.63, 3.8) is 0 Å². The summed E-state index contributed by atoms with van der Waals surface area (Å²) in [5.74, 6) is 0.648. The molecule has 2 aromatic heterocycles. The van der Waals surface area contributed by atoms with Crippen LogP contribution in [0.4, 0.5) is 4.39 Å². The average molecular weight is 248 g/mol. The number of hydrogen-bond donors (Lipinski definition) is 1. The van der Waals surface area contributed by atoms with E-state index < -0.39 is 0 Å². The first-order chi connectivity index (χ1) is 8.72. The van der Waals surface area contributed by atoms with E-state index in [1.165, 1.54) is 6.20 Å². The van der Waals surface area contributed by atoms with E-state index >= 15 is 0 Å². The van der Waals surface area contributed by atoms with E-state index in [0.717, 1.165) is 12.4 Å². The second-order valence-electron chi connectivity index (χ2n) is 4.17. The monoisotopic (exact) mass is 248 g/mol. The van der Waals surface area contributed by atoms with E-state index in [2.05, 4.69) is 15.3 Å². The van der Waals surface area contributed by atoms with Crippen LogP contribution in [0.25, 0.3) is 0 Å². The second kappa shape index (κ2) is 5.73. The van der Waals surface area contributed by atoms with Crippen LogP contribution in [0.3, 0.4) is 0 Å². The van der Waals surface area contributed by atoms with Crippen molar-refractivity contribution in [2.45, 2.75) is 19.4 Å². The molecule has 0 saturated heterocycles. The molecule has 0 spiro atoms. The number of nitrogens with one attached hydrogen (secondary N) is 1. The molecule has 0 radical (unpaired) electrons. The molecule has 0 aliphatic rings. The number of hydrogen-bond acceptors (Lipinski definition) is 3. The smallest absolute Gasteiger partial charge is 0.146 e. The summed E-state index contributed by atoms with van der Waals surface area (Å²) >= 11 is 0. The molecular formula is C13H17FN4. The number of likely N-dealkylation sites (N-methyl/N-ethyl adjacent to an activating group) is 1. The summed E-state index contributed by atoms with van der Waals surface area (Å²) < 4.78 is 15.7. The number of aromatic nitrogens is 3. The van der Waals surface area contributed by atoms with Gasteiger partial charge in [0.1, 0.15) is 11.6 Å². The molecule has 18 heavy (non-hydrogen) atoms. The van der Waals surface area contributed by atoms with Crippen LogP contribution in [0.2, 0.25) is 0 Å². The molecule has 96 valence electrons. The van der Waals surface area contributed by atoms with Crippen LogP contribution in [0.5, 0.6) is 0 Å². The highest BCUT2D eigenvalue weighted by Crippen LogP contribution is 2.19. The Morgan fingerprint density at radius 3 is 2.89 bits per heavy atom. The van der Waals surface area contributed by atoms with Gasteiger partial charge >= 0.3 is 0 Å². The van der Waals surface area contributed by atoms with E-state index in [1.54, 1.807) is 18.5 Å². The third-order valence-electron chi connectivity index (χ3n) is 2.94. The Bertz CT molecular complexity index is 509. The Hall–Kier alpha value is -1.75. The van der Waals surface area contributed by atoms with E-state index in [9.17, 15) is 4.39 Å². The second-order valence-corrected chi connectivity index (χ2v) is 4.17. The zero-order valence-corrected chi connectivity index (χ0v) is 10.6. The molecule has 2 rings (SSSR count). The van der Waals surface area contributed by atoms with Crippen molar-refractivity contribution in [2.75, 3.05) is 6.54 Å². The molecule has 1 atom stereocenters. The van der Waals surface area contributed by atoms with Gasteiger partial charge in [0.05, 0.1) is 6.20 Å². The lowest BCUT2D eigenvalue weighted by Crippen LogP contribution is -2.25. The Labute approximate surface area is 106 Å². The topological polar surface area (TPSA) is 42.7 Å². The summed E-state index contributed by atoms with van der Waals surface area (Å²) in [6, 6.07) is 1.63. The number of pyridine rings is 1. The molecule has 2 aromatic rings. The molecule has 0 aliphatic heterocycles. The zero-order chi connectivity index (χ0) is 13.0. The SMILES string of the molecule is CCNC(Cc1nccn1C)c1ccncc1F. The molecule has 2 heterocycles. The average Bonchev–Trinajstić information content (AvgIpc) is 2.75. The fourth-order valence-electron chi connectivity index (χ4n) is 1.98. The van der Waals surface area contributed by atoms with Gasteiger partial charge in [-0.15, -0.1) is 0 Å². The summed E-state index contributed by atoms with van der Waals surface area (Å²) in [5.41, 5.74) is 0.634. The fraction of sp³-hybridized carbons (Fsp3) is 0.385. The predicted octanol–water partition coefficient (Wildman–Crippen LogP) is 1.85. The third kappa shape index (κ3) is 2.73. The van der Waals surface area contributed by atoms with Gasteiger partial charge in [-0.1, -0.05) is 6.92 Å². The minimum absolute atomic E-state index is 0.0842. The molecule has 5 heteroatoms. The molecule has 0 fully saturated rings. The van der Waals surface area contributed by atoms with Crippen LogP contribution in [0.1, 0.15) is 24.4 Å². The summed E-state index contributed by atoms with van der Waals surface area (Å²) in [7, 11) is 1.94. The van der Waals surface area contributed by atoms with Gasteiger partial charge in [0.2, 0.25) is 0 Å². The van der Waals surface area contributed by atoms with Crippen LogP contribution in [0, 0.1) is 5.82 Å². The molecule has 0 saturated carbocycles. The molecular weight excluding hydrogens is 231 g/mol. The summed E-state index contributed by atoms with van der Waals surface area (Å²) in [6.07, 6.45) is 7.15. The maximum Gasteiger partial charge on any atom is 0.146 e.